The monoisotopic (exact) mass is 317 g/mol. The first-order valence-corrected chi connectivity index (χ1v) is 8.77. The van der Waals surface area contributed by atoms with Gasteiger partial charge in [-0.3, -0.25) is 9.69 Å². The summed E-state index contributed by atoms with van der Waals surface area (Å²) >= 11 is 1.86. The summed E-state index contributed by atoms with van der Waals surface area (Å²) in [7, 11) is 0. The van der Waals surface area contributed by atoms with Gasteiger partial charge in [0.15, 0.2) is 0 Å². The molecule has 0 spiro atoms. The van der Waals surface area contributed by atoms with Crippen molar-refractivity contribution in [2.45, 2.75) is 53.1 Å². The van der Waals surface area contributed by atoms with E-state index in [1.54, 1.807) is 0 Å². The van der Waals surface area contributed by atoms with E-state index in [4.69, 9.17) is 0 Å². The van der Waals surface area contributed by atoms with Crippen molar-refractivity contribution in [2.24, 2.45) is 0 Å². The van der Waals surface area contributed by atoms with Gasteiger partial charge in [-0.1, -0.05) is 6.92 Å². The summed E-state index contributed by atoms with van der Waals surface area (Å²) in [6, 6.07) is 2.27. The zero-order valence-electron chi connectivity index (χ0n) is 13.5. The molecule has 0 aliphatic carbocycles. The maximum absolute atomic E-state index is 12.3. The minimum absolute atomic E-state index is 0.0525. The molecular weight excluding hydrogens is 294 g/mol. The second kappa shape index (κ2) is 6.34. The number of aromatic amines is 1. The minimum Gasteiger partial charge on any atom is -0.310 e. The molecule has 0 saturated heterocycles. The molecule has 0 saturated carbocycles. The van der Waals surface area contributed by atoms with E-state index in [0.717, 1.165) is 49.4 Å². The fourth-order valence-electron chi connectivity index (χ4n) is 2.97. The highest BCUT2D eigenvalue weighted by Crippen LogP contribution is 2.24. The highest BCUT2D eigenvalue weighted by Gasteiger charge is 2.21. The number of nitrogens with zero attached hydrogens (tertiary/aromatic N) is 2. The maximum atomic E-state index is 12.3. The van der Waals surface area contributed by atoms with Crippen LogP contribution in [-0.2, 0) is 25.9 Å². The molecule has 2 aromatic rings. The van der Waals surface area contributed by atoms with Gasteiger partial charge < -0.3 is 4.98 Å². The predicted octanol–water partition coefficient (Wildman–Crippen LogP) is 2.96. The van der Waals surface area contributed by atoms with Crippen molar-refractivity contribution in [1.29, 1.82) is 0 Å². The van der Waals surface area contributed by atoms with E-state index in [1.165, 1.54) is 15.3 Å². The fraction of sp³-hybridized carbons (Fsp3) is 0.529. The second-order valence-electron chi connectivity index (χ2n) is 6.10. The summed E-state index contributed by atoms with van der Waals surface area (Å²) in [4.78, 5) is 25.0. The summed E-state index contributed by atoms with van der Waals surface area (Å²) in [5, 5.41) is 0. The van der Waals surface area contributed by atoms with Crippen LogP contribution in [0.1, 0.15) is 45.7 Å². The lowest BCUT2D eigenvalue weighted by atomic mass is 10.1. The molecule has 5 heteroatoms. The highest BCUT2D eigenvalue weighted by atomic mass is 32.1. The van der Waals surface area contributed by atoms with Crippen molar-refractivity contribution >= 4 is 11.3 Å². The molecule has 0 bridgehead atoms. The molecular formula is C17H23N3OS. The van der Waals surface area contributed by atoms with Gasteiger partial charge in [0.05, 0.1) is 11.3 Å². The van der Waals surface area contributed by atoms with Gasteiger partial charge in [-0.05, 0) is 31.9 Å². The third kappa shape index (κ3) is 3.15. The van der Waals surface area contributed by atoms with Crippen LogP contribution in [0.3, 0.4) is 0 Å². The molecule has 0 radical (unpaired) electrons. The molecule has 3 heterocycles. The standard InChI is InChI=1S/C17H23N3OS/c1-4-5-16-18-15-6-7-20(10-14(15)17(21)19-16)9-13-8-11(2)12(3)22-13/h8H,4-7,9-10H2,1-3H3,(H,18,19,21). The van der Waals surface area contributed by atoms with Crippen LogP contribution >= 0.6 is 11.3 Å². The Morgan fingerprint density at radius 1 is 1.41 bits per heavy atom. The Bertz CT molecular complexity index is 712. The highest BCUT2D eigenvalue weighted by molar-refractivity contribution is 7.12. The number of hydrogen-bond donors (Lipinski definition) is 1. The fourth-order valence-corrected chi connectivity index (χ4v) is 4.07. The zero-order chi connectivity index (χ0) is 15.7. The molecule has 0 unspecified atom stereocenters. The van der Waals surface area contributed by atoms with E-state index in [0.29, 0.717) is 6.54 Å². The molecule has 22 heavy (non-hydrogen) atoms. The van der Waals surface area contributed by atoms with Crippen LogP contribution in [0.25, 0.3) is 0 Å². The Hall–Kier alpha value is -1.46. The maximum Gasteiger partial charge on any atom is 0.255 e. The third-order valence-corrected chi connectivity index (χ3v) is 5.42. The van der Waals surface area contributed by atoms with E-state index in [2.05, 4.69) is 41.7 Å². The van der Waals surface area contributed by atoms with E-state index in [-0.39, 0.29) is 5.56 Å². The van der Waals surface area contributed by atoms with Crippen molar-refractivity contribution < 1.29 is 0 Å². The van der Waals surface area contributed by atoms with Crippen LogP contribution in [0.2, 0.25) is 0 Å². The van der Waals surface area contributed by atoms with Gasteiger partial charge in [0.1, 0.15) is 5.82 Å². The zero-order valence-corrected chi connectivity index (χ0v) is 14.3. The van der Waals surface area contributed by atoms with E-state index < -0.39 is 0 Å². The molecule has 118 valence electrons. The topological polar surface area (TPSA) is 49.0 Å². The van der Waals surface area contributed by atoms with Crippen molar-refractivity contribution in [3.05, 3.63) is 48.8 Å². The quantitative estimate of drug-likeness (QED) is 0.943. The number of thiophene rings is 1. The van der Waals surface area contributed by atoms with Gasteiger partial charge in [-0.2, -0.15) is 0 Å². The molecule has 0 aromatic carbocycles. The van der Waals surface area contributed by atoms with Gasteiger partial charge in [-0.25, -0.2) is 4.98 Å². The second-order valence-corrected chi connectivity index (χ2v) is 7.44. The summed E-state index contributed by atoms with van der Waals surface area (Å²) < 4.78 is 0. The van der Waals surface area contributed by atoms with Gasteiger partial charge in [0.2, 0.25) is 0 Å². The first kappa shape index (κ1) is 15.4. The molecule has 4 nitrogen and oxygen atoms in total. The van der Waals surface area contributed by atoms with Gasteiger partial charge >= 0.3 is 0 Å². The van der Waals surface area contributed by atoms with Gasteiger partial charge in [-0.15, -0.1) is 11.3 Å². The molecule has 2 aromatic heterocycles. The van der Waals surface area contributed by atoms with Crippen LogP contribution in [0.15, 0.2) is 10.9 Å². The van der Waals surface area contributed by atoms with Gasteiger partial charge in [0, 0.05) is 42.2 Å². The van der Waals surface area contributed by atoms with Crippen LogP contribution in [0.4, 0.5) is 0 Å². The third-order valence-electron chi connectivity index (χ3n) is 4.28. The smallest absolute Gasteiger partial charge is 0.255 e. The van der Waals surface area contributed by atoms with Crippen molar-refractivity contribution in [3.8, 4) is 0 Å². The normalized spacial score (nSPS) is 15.0. The number of H-pyrrole nitrogens is 1. The lowest BCUT2D eigenvalue weighted by Gasteiger charge is -2.27. The number of fused-ring (bicyclic) bond motifs is 1. The SMILES string of the molecule is CCCc1nc2c(c(=O)[nH]1)CN(Cc1cc(C)c(C)s1)CC2. The first-order chi connectivity index (χ1) is 10.6. The Morgan fingerprint density at radius 3 is 2.91 bits per heavy atom. The van der Waals surface area contributed by atoms with Crippen LogP contribution in [-0.4, -0.2) is 21.4 Å². The number of hydrogen-bond acceptors (Lipinski definition) is 4. The van der Waals surface area contributed by atoms with Crippen LogP contribution in [0, 0.1) is 13.8 Å². The molecule has 0 amide bonds. The molecule has 0 atom stereocenters. The van der Waals surface area contributed by atoms with Gasteiger partial charge in [0.25, 0.3) is 5.56 Å². The Balaban J connectivity index is 1.77. The molecule has 0 fully saturated rings. The number of rotatable bonds is 4. The minimum atomic E-state index is 0.0525. The summed E-state index contributed by atoms with van der Waals surface area (Å²) in [6.45, 7) is 9.04. The summed E-state index contributed by atoms with van der Waals surface area (Å²) in [5.74, 6) is 0.837. The number of nitrogens with one attached hydrogen (secondary N) is 1. The summed E-state index contributed by atoms with van der Waals surface area (Å²) in [5.41, 5.74) is 3.27. The average Bonchev–Trinajstić information content (AvgIpc) is 2.78. The Kier molecular flexibility index (Phi) is 4.45. The Labute approximate surface area is 135 Å². The van der Waals surface area contributed by atoms with E-state index in [9.17, 15) is 4.79 Å². The molecule has 1 aliphatic heterocycles. The number of aryl methyl sites for hydroxylation is 3. The van der Waals surface area contributed by atoms with Crippen molar-refractivity contribution in [1.82, 2.24) is 14.9 Å². The van der Waals surface area contributed by atoms with Crippen LogP contribution < -0.4 is 5.56 Å². The molecule has 1 aliphatic rings. The van der Waals surface area contributed by atoms with E-state index in [1.807, 2.05) is 11.3 Å². The average molecular weight is 317 g/mol. The number of aromatic nitrogens is 2. The Morgan fingerprint density at radius 2 is 2.23 bits per heavy atom. The molecule has 3 rings (SSSR count). The van der Waals surface area contributed by atoms with Crippen LogP contribution in [0.5, 0.6) is 0 Å². The van der Waals surface area contributed by atoms with E-state index >= 15 is 0 Å². The van der Waals surface area contributed by atoms with Crippen molar-refractivity contribution in [2.75, 3.05) is 6.54 Å². The van der Waals surface area contributed by atoms with Crippen molar-refractivity contribution in [3.63, 3.8) is 0 Å². The lowest BCUT2D eigenvalue weighted by Crippen LogP contribution is -2.35. The first-order valence-electron chi connectivity index (χ1n) is 7.96. The predicted molar refractivity (Wildman–Crippen MR) is 90.5 cm³/mol. The summed E-state index contributed by atoms with van der Waals surface area (Å²) in [6.07, 6.45) is 2.73. The largest absolute Gasteiger partial charge is 0.310 e. The molecule has 1 N–H and O–H groups in total. The lowest BCUT2D eigenvalue weighted by molar-refractivity contribution is 0.243.